The Balaban J connectivity index is 2.43. The zero-order chi connectivity index (χ0) is 25.6. The van der Waals surface area contributed by atoms with Gasteiger partial charge in [-0.05, 0) is 75.4 Å². The summed E-state index contributed by atoms with van der Waals surface area (Å²) in [4.78, 5) is 28.0. The maximum atomic E-state index is 13.6. The molecule has 0 saturated heterocycles. The minimum Gasteiger partial charge on any atom is -0.352 e. The van der Waals surface area contributed by atoms with E-state index in [9.17, 15) is 18.0 Å². The Labute approximate surface area is 204 Å². The van der Waals surface area contributed by atoms with Crippen molar-refractivity contribution in [3.8, 4) is 0 Å². The third kappa shape index (κ3) is 7.32. The molecule has 2 aromatic carbocycles. The molecule has 0 radical (unpaired) electrons. The lowest BCUT2D eigenvalue weighted by Gasteiger charge is -2.32. The van der Waals surface area contributed by atoms with Gasteiger partial charge in [0.1, 0.15) is 12.6 Å². The predicted molar refractivity (Wildman–Crippen MR) is 137 cm³/mol. The Bertz CT molecular complexity index is 1110. The summed E-state index contributed by atoms with van der Waals surface area (Å²) in [6, 6.07) is 12.3. The van der Waals surface area contributed by atoms with Crippen molar-refractivity contribution >= 4 is 27.5 Å². The summed E-state index contributed by atoms with van der Waals surface area (Å²) >= 11 is 0. The second kappa shape index (κ2) is 11.5. The molecule has 2 aromatic rings. The normalized spacial score (nSPS) is 13.1. The predicted octanol–water partition coefficient (Wildman–Crippen LogP) is 3.71. The molecule has 0 unspecified atom stereocenters. The molecule has 0 aliphatic heterocycles. The van der Waals surface area contributed by atoms with Crippen LogP contribution in [0.15, 0.2) is 42.5 Å². The van der Waals surface area contributed by atoms with Gasteiger partial charge in [-0.1, -0.05) is 37.3 Å². The number of amides is 2. The van der Waals surface area contributed by atoms with Crippen LogP contribution in [0.5, 0.6) is 0 Å². The van der Waals surface area contributed by atoms with Crippen molar-refractivity contribution in [2.75, 3.05) is 17.1 Å². The van der Waals surface area contributed by atoms with E-state index < -0.39 is 28.5 Å². The molecule has 2 rings (SSSR count). The van der Waals surface area contributed by atoms with E-state index in [2.05, 4.69) is 5.32 Å². The molecule has 1 N–H and O–H groups in total. The fraction of sp³-hybridized carbons (Fsp3) is 0.462. The molecule has 0 heterocycles. The van der Waals surface area contributed by atoms with Crippen LogP contribution in [0.3, 0.4) is 0 Å². The van der Waals surface area contributed by atoms with Gasteiger partial charge < -0.3 is 10.2 Å². The van der Waals surface area contributed by atoms with E-state index in [-0.39, 0.29) is 18.5 Å². The van der Waals surface area contributed by atoms with Gasteiger partial charge >= 0.3 is 0 Å². The smallest absolute Gasteiger partial charge is 0.244 e. The number of hydrogen-bond acceptors (Lipinski definition) is 4. The van der Waals surface area contributed by atoms with E-state index in [0.717, 1.165) is 39.2 Å². The van der Waals surface area contributed by atoms with Gasteiger partial charge in [0, 0.05) is 12.6 Å². The number of benzene rings is 2. The molecule has 0 aromatic heterocycles. The van der Waals surface area contributed by atoms with E-state index >= 15 is 0 Å². The van der Waals surface area contributed by atoms with Crippen LogP contribution in [0, 0.1) is 20.8 Å². The highest BCUT2D eigenvalue weighted by atomic mass is 32.2. The number of nitrogens with one attached hydrogen (secondary N) is 1. The minimum absolute atomic E-state index is 0.0341. The molecule has 34 heavy (non-hydrogen) atoms. The number of rotatable bonds is 10. The molecule has 186 valence electrons. The first-order valence-electron chi connectivity index (χ1n) is 11.5. The first-order valence-corrected chi connectivity index (χ1v) is 13.4. The molecule has 0 aliphatic rings. The highest BCUT2D eigenvalue weighted by molar-refractivity contribution is 7.92. The molecule has 0 aliphatic carbocycles. The largest absolute Gasteiger partial charge is 0.352 e. The van der Waals surface area contributed by atoms with Gasteiger partial charge in [-0.25, -0.2) is 8.42 Å². The summed E-state index contributed by atoms with van der Waals surface area (Å²) in [5, 5.41) is 2.93. The van der Waals surface area contributed by atoms with Gasteiger partial charge in [-0.2, -0.15) is 0 Å². The third-order valence-corrected chi connectivity index (χ3v) is 7.08. The monoisotopic (exact) mass is 487 g/mol. The van der Waals surface area contributed by atoms with Gasteiger partial charge in [0.2, 0.25) is 21.8 Å². The van der Waals surface area contributed by atoms with E-state index in [1.807, 2.05) is 65.0 Å². The first kappa shape index (κ1) is 27.4. The summed E-state index contributed by atoms with van der Waals surface area (Å²) < 4.78 is 26.5. The first-order chi connectivity index (χ1) is 15.8. The van der Waals surface area contributed by atoms with E-state index in [0.29, 0.717) is 5.69 Å². The zero-order valence-corrected chi connectivity index (χ0v) is 22.1. The van der Waals surface area contributed by atoms with Gasteiger partial charge in [-0.3, -0.25) is 13.9 Å². The summed E-state index contributed by atoms with van der Waals surface area (Å²) in [5.41, 5.74) is 4.12. The molecular formula is C26H37N3O4S. The number of aryl methyl sites for hydroxylation is 3. The van der Waals surface area contributed by atoms with Crippen LogP contribution in [0.25, 0.3) is 0 Å². The second-order valence-corrected chi connectivity index (χ2v) is 11.0. The van der Waals surface area contributed by atoms with Crippen LogP contribution < -0.4 is 9.62 Å². The number of carbonyl (C=O) groups excluding carboxylic acids is 2. The molecule has 0 saturated carbocycles. The standard InChI is InChI=1S/C26H37N3O4S/c1-8-21(5)27-26(31)22(6)28(16-23-12-10-9-11-20(23)4)25(30)17-29(34(7,32)33)24-14-18(2)13-19(3)15-24/h9-15,21-22H,8,16-17H2,1-7H3,(H,27,31)/t21-,22-/m1/s1. The summed E-state index contributed by atoms with van der Waals surface area (Å²) in [7, 11) is -3.74. The molecular weight excluding hydrogens is 450 g/mol. The lowest BCUT2D eigenvalue weighted by atomic mass is 10.1. The molecule has 2 atom stereocenters. The van der Waals surface area contributed by atoms with Crippen LogP contribution in [-0.2, 0) is 26.2 Å². The van der Waals surface area contributed by atoms with Crippen LogP contribution in [0.4, 0.5) is 5.69 Å². The Morgan fingerprint density at radius 3 is 2.12 bits per heavy atom. The van der Waals surface area contributed by atoms with Crippen molar-refractivity contribution in [2.24, 2.45) is 0 Å². The maximum absolute atomic E-state index is 13.6. The fourth-order valence-corrected chi connectivity index (χ4v) is 4.56. The number of hydrogen-bond donors (Lipinski definition) is 1. The lowest BCUT2D eigenvalue weighted by Crippen LogP contribution is -2.52. The molecule has 7 nitrogen and oxygen atoms in total. The number of nitrogens with zero attached hydrogens (tertiary/aromatic N) is 2. The molecule has 0 fully saturated rings. The molecule has 2 amide bonds. The van der Waals surface area contributed by atoms with Gasteiger partial charge in [0.25, 0.3) is 0 Å². The Kier molecular flexibility index (Phi) is 9.27. The Hall–Kier alpha value is -2.87. The van der Waals surface area contributed by atoms with Crippen LogP contribution in [0.1, 0.15) is 49.4 Å². The van der Waals surface area contributed by atoms with Gasteiger partial charge in [0.15, 0.2) is 0 Å². The van der Waals surface area contributed by atoms with Gasteiger partial charge in [-0.15, -0.1) is 0 Å². The van der Waals surface area contributed by atoms with Crippen LogP contribution >= 0.6 is 0 Å². The topological polar surface area (TPSA) is 86.8 Å². The van der Waals surface area contributed by atoms with E-state index in [1.54, 1.807) is 19.1 Å². The SMILES string of the molecule is CC[C@@H](C)NC(=O)[C@@H](C)N(Cc1ccccc1C)C(=O)CN(c1cc(C)cc(C)c1)S(C)(=O)=O. The van der Waals surface area contributed by atoms with E-state index in [1.165, 1.54) is 4.90 Å². The second-order valence-electron chi connectivity index (χ2n) is 9.06. The summed E-state index contributed by atoms with van der Waals surface area (Å²) in [5.74, 6) is -0.715. The molecule has 8 heteroatoms. The third-order valence-electron chi connectivity index (χ3n) is 5.94. The summed E-state index contributed by atoms with van der Waals surface area (Å²) in [6.45, 7) is 11.1. The minimum atomic E-state index is -3.74. The maximum Gasteiger partial charge on any atom is 0.244 e. The van der Waals surface area contributed by atoms with E-state index in [4.69, 9.17) is 0 Å². The van der Waals surface area contributed by atoms with Crippen LogP contribution in [0.2, 0.25) is 0 Å². The molecule has 0 spiro atoms. The average molecular weight is 488 g/mol. The summed E-state index contributed by atoms with van der Waals surface area (Å²) in [6.07, 6.45) is 1.85. The van der Waals surface area contributed by atoms with Crippen molar-refractivity contribution < 1.29 is 18.0 Å². The highest BCUT2D eigenvalue weighted by Crippen LogP contribution is 2.22. The van der Waals surface area contributed by atoms with Crippen LogP contribution in [-0.4, -0.2) is 50.0 Å². The van der Waals surface area contributed by atoms with Crippen molar-refractivity contribution in [2.45, 2.75) is 66.6 Å². The van der Waals surface area contributed by atoms with Crippen molar-refractivity contribution in [3.05, 3.63) is 64.7 Å². The number of sulfonamides is 1. The lowest BCUT2D eigenvalue weighted by molar-refractivity contribution is -0.139. The highest BCUT2D eigenvalue weighted by Gasteiger charge is 2.30. The Morgan fingerprint density at radius 2 is 1.59 bits per heavy atom. The Morgan fingerprint density at radius 1 is 1.00 bits per heavy atom. The number of carbonyl (C=O) groups is 2. The average Bonchev–Trinajstić information content (AvgIpc) is 2.74. The zero-order valence-electron chi connectivity index (χ0n) is 21.3. The molecule has 0 bridgehead atoms. The van der Waals surface area contributed by atoms with Gasteiger partial charge in [0.05, 0.1) is 11.9 Å². The fourth-order valence-electron chi connectivity index (χ4n) is 3.73. The quantitative estimate of drug-likeness (QED) is 0.554. The van der Waals surface area contributed by atoms with Crippen molar-refractivity contribution in [1.29, 1.82) is 0 Å². The van der Waals surface area contributed by atoms with Crippen molar-refractivity contribution in [1.82, 2.24) is 10.2 Å². The number of anilines is 1. The van der Waals surface area contributed by atoms with Crippen molar-refractivity contribution in [3.63, 3.8) is 0 Å².